The molecule has 19 aromatic rings. The quantitative estimate of drug-likeness (QED) is 0.115. The highest BCUT2D eigenvalue weighted by molar-refractivity contribution is 7.01. The minimum atomic E-state index is -0.102. The summed E-state index contributed by atoms with van der Waals surface area (Å²) in [5.41, 5.74) is 15.2. The second-order valence-corrected chi connectivity index (χ2v) is 23.3. The molecule has 21 rings (SSSR count). The van der Waals surface area contributed by atoms with Gasteiger partial charge >= 0.3 is 0 Å². The highest BCUT2D eigenvalue weighted by Gasteiger charge is 2.43. The maximum Gasteiger partial charge on any atom is 0.252 e. The van der Waals surface area contributed by atoms with Gasteiger partial charge in [-0.2, -0.15) is 0 Å². The van der Waals surface area contributed by atoms with Crippen LogP contribution in [0.3, 0.4) is 0 Å². The molecule has 0 fully saturated rings. The zero-order valence-corrected chi connectivity index (χ0v) is 44.2. The number of hydrogen-bond acceptors (Lipinski definition) is 0. The lowest BCUT2D eigenvalue weighted by molar-refractivity contribution is 1.14. The molecule has 16 aromatic carbocycles. The molecule has 5 heterocycles. The van der Waals surface area contributed by atoms with Gasteiger partial charge in [-0.25, -0.2) is 0 Å². The van der Waals surface area contributed by atoms with Crippen molar-refractivity contribution in [3.63, 3.8) is 0 Å². The number of rotatable bonds is 1. The third-order valence-corrected chi connectivity index (χ3v) is 19.7. The van der Waals surface area contributed by atoms with E-state index in [2.05, 4.69) is 268 Å². The van der Waals surface area contributed by atoms with Crippen molar-refractivity contribution in [2.75, 3.05) is 0 Å². The molecular weight excluding hydrogens is 990 g/mol. The smallest absolute Gasteiger partial charge is 0.252 e. The molecular formula is C78H42BN3. The second-order valence-electron chi connectivity index (χ2n) is 23.3. The first-order chi connectivity index (χ1) is 40.8. The normalized spacial score (nSPS) is 13.1. The Hall–Kier alpha value is -10.7. The van der Waals surface area contributed by atoms with E-state index in [1.165, 1.54) is 190 Å². The Balaban J connectivity index is 1.01. The van der Waals surface area contributed by atoms with Gasteiger partial charge in [-0.05, 0) is 146 Å². The fourth-order valence-corrected chi connectivity index (χ4v) is 16.7. The van der Waals surface area contributed by atoms with E-state index >= 15 is 0 Å². The Labute approximate surface area is 468 Å². The van der Waals surface area contributed by atoms with Gasteiger partial charge in [0.1, 0.15) is 0 Å². The molecule has 82 heavy (non-hydrogen) atoms. The van der Waals surface area contributed by atoms with Crippen LogP contribution in [0.25, 0.3) is 179 Å². The van der Waals surface area contributed by atoms with Crippen LogP contribution >= 0.6 is 0 Å². The zero-order chi connectivity index (χ0) is 52.8. The standard InChI is InChI=1S/C78H42BN3/c1-4-24-50-44(18-1)47-21-7-10-29-55(47)70-58(50)37-39-67-74(70)75-72-57-31-12-9-23-49(57)46-20-3-6-26-52(46)60(72)42-63-78(75)82(67)69-35-17-34-68-76(69)79(63)62-41-59-51-25-5-2-19-45(51)48-22-8-11-30-56(48)71(59)73-61-40-43(36-38-66(61)81(68)77(62)73)80-64-32-15-13-27-53(64)54-28-14-16-33-65(54)80/h1-42H. The third-order valence-electron chi connectivity index (χ3n) is 19.7. The molecule has 0 aliphatic carbocycles. The summed E-state index contributed by atoms with van der Waals surface area (Å²) in [6, 6.07) is 97.4. The maximum atomic E-state index is 2.69. The van der Waals surface area contributed by atoms with Crippen LogP contribution in [0.15, 0.2) is 255 Å². The molecule has 0 amide bonds. The predicted octanol–water partition coefficient (Wildman–Crippen LogP) is 18.5. The molecule has 0 saturated heterocycles. The summed E-state index contributed by atoms with van der Waals surface area (Å²) in [7, 11) is 0. The SMILES string of the molecule is c1cc2c3c(c1)-n1c4ccc5c6ccccc6c6ccccc6c5c4c4c5c6ccccc6c6ccccc6c5cc(c41)B3c1cc3c4ccccc4c4ccccc4c3c3c4cc(-n5c6ccccc6c6ccccc65)ccc4n-2c13. The Morgan fingerprint density at radius 2 is 0.561 bits per heavy atom. The lowest BCUT2D eigenvalue weighted by atomic mass is 9.34. The fraction of sp³-hybridized carbons (Fsp3) is 0. The number of hydrogen-bond donors (Lipinski definition) is 0. The van der Waals surface area contributed by atoms with Crippen LogP contribution in [-0.2, 0) is 0 Å². The Kier molecular flexibility index (Phi) is 7.61. The average Bonchev–Trinajstić information content (AvgIpc) is 1.69. The first-order valence-corrected chi connectivity index (χ1v) is 28.8. The van der Waals surface area contributed by atoms with Crippen LogP contribution in [0.2, 0.25) is 0 Å². The largest absolute Gasteiger partial charge is 0.310 e. The van der Waals surface area contributed by atoms with Gasteiger partial charge in [-0.15, -0.1) is 0 Å². The molecule has 3 nitrogen and oxygen atoms in total. The molecule has 0 bridgehead atoms. The number of nitrogens with zero attached hydrogens (tertiary/aromatic N) is 3. The van der Waals surface area contributed by atoms with Crippen molar-refractivity contribution in [1.29, 1.82) is 0 Å². The number of para-hydroxylation sites is 2. The van der Waals surface area contributed by atoms with E-state index in [1.54, 1.807) is 0 Å². The Morgan fingerprint density at radius 3 is 1.06 bits per heavy atom. The molecule has 0 radical (unpaired) electrons. The molecule has 2 aliphatic rings. The fourth-order valence-electron chi connectivity index (χ4n) is 16.7. The summed E-state index contributed by atoms with van der Waals surface area (Å²) >= 11 is 0. The topological polar surface area (TPSA) is 14.8 Å². The molecule has 4 heteroatoms. The molecule has 2 aliphatic heterocycles. The molecule has 0 saturated carbocycles. The number of aromatic nitrogens is 3. The number of benzene rings is 16. The molecule has 0 atom stereocenters. The van der Waals surface area contributed by atoms with E-state index < -0.39 is 0 Å². The van der Waals surface area contributed by atoms with Gasteiger partial charge in [0.15, 0.2) is 0 Å². The summed E-state index contributed by atoms with van der Waals surface area (Å²) in [6.07, 6.45) is 0. The van der Waals surface area contributed by atoms with Crippen LogP contribution in [0.4, 0.5) is 0 Å². The second kappa shape index (κ2) is 14.8. The van der Waals surface area contributed by atoms with Crippen LogP contribution in [0.5, 0.6) is 0 Å². The zero-order valence-electron chi connectivity index (χ0n) is 44.2. The van der Waals surface area contributed by atoms with E-state index in [1.807, 2.05) is 0 Å². The van der Waals surface area contributed by atoms with E-state index in [9.17, 15) is 0 Å². The molecule has 0 N–H and O–H groups in total. The van der Waals surface area contributed by atoms with Crippen molar-refractivity contribution in [2.24, 2.45) is 0 Å². The third kappa shape index (κ3) is 4.89. The lowest BCUT2D eigenvalue weighted by Crippen LogP contribution is -2.59. The highest BCUT2D eigenvalue weighted by Crippen LogP contribution is 2.51. The van der Waals surface area contributed by atoms with Crippen molar-refractivity contribution in [1.82, 2.24) is 13.7 Å². The monoisotopic (exact) mass is 1030 g/mol. The van der Waals surface area contributed by atoms with E-state index in [0.717, 1.165) is 5.69 Å². The van der Waals surface area contributed by atoms with Crippen LogP contribution in [0.1, 0.15) is 0 Å². The van der Waals surface area contributed by atoms with Gasteiger partial charge in [0.25, 0.3) is 6.71 Å². The van der Waals surface area contributed by atoms with E-state index in [0.29, 0.717) is 0 Å². The average molecular weight is 1030 g/mol. The summed E-state index contributed by atoms with van der Waals surface area (Å²) in [5, 5.41) is 31.0. The van der Waals surface area contributed by atoms with Crippen LogP contribution in [-0.4, -0.2) is 20.4 Å². The van der Waals surface area contributed by atoms with Crippen molar-refractivity contribution in [3.8, 4) is 17.1 Å². The Bertz CT molecular complexity index is 6180. The summed E-state index contributed by atoms with van der Waals surface area (Å²) < 4.78 is 7.85. The van der Waals surface area contributed by atoms with Gasteiger partial charge in [-0.1, -0.05) is 206 Å². The van der Waals surface area contributed by atoms with Gasteiger partial charge in [0, 0.05) is 65.5 Å². The maximum absolute atomic E-state index is 2.69. The van der Waals surface area contributed by atoms with Gasteiger partial charge in [0.05, 0.1) is 33.1 Å². The van der Waals surface area contributed by atoms with Gasteiger partial charge in [0.2, 0.25) is 0 Å². The summed E-state index contributed by atoms with van der Waals surface area (Å²) in [6.45, 7) is -0.102. The van der Waals surface area contributed by atoms with Crippen molar-refractivity contribution in [2.45, 2.75) is 0 Å². The molecule has 0 spiro atoms. The molecule has 372 valence electrons. The van der Waals surface area contributed by atoms with E-state index in [-0.39, 0.29) is 6.71 Å². The predicted molar refractivity (Wildman–Crippen MR) is 352 cm³/mol. The van der Waals surface area contributed by atoms with Crippen LogP contribution < -0.4 is 16.4 Å². The summed E-state index contributed by atoms with van der Waals surface area (Å²) in [5.74, 6) is 0. The van der Waals surface area contributed by atoms with Crippen molar-refractivity contribution in [3.05, 3.63) is 255 Å². The van der Waals surface area contributed by atoms with Gasteiger partial charge < -0.3 is 13.7 Å². The van der Waals surface area contributed by atoms with Gasteiger partial charge in [-0.3, -0.25) is 0 Å². The first-order valence-electron chi connectivity index (χ1n) is 28.8. The molecule has 3 aromatic heterocycles. The minimum Gasteiger partial charge on any atom is -0.310 e. The first kappa shape index (κ1) is 42.3. The summed E-state index contributed by atoms with van der Waals surface area (Å²) in [4.78, 5) is 0. The van der Waals surface area contributed by atoms with E-state index in [4.69, 9.17) is 0 Å². The van der Waals surface area contributed by atoms with Crippen molar-refractivity contribution < 1.29 is 0 Å². The highest BCUT2D eigenvalue weighted by atomic mass is 15.0. The Morgan fingerprint density at radius 1 is 0.207 bits per heavy atom. The minimum absolute atomic E-state index is 0.102. The van der Waals surface area contributed by atoms with Crippen molar-refractivity contribution >= 4 is 185 Å². The lowest BCUT2D eigenvalue weighted by Gasteiger charge is -2.34. The van der Waals surface area contributed by atoms with Crippen LogP contribution in [0, 0.1) is 0 Å². The number of fused-ring (bicyclic) bond motifs is 34. The molecule has 0 unspecified atom stereocenters.